The number of aryl methyl sites for hydroxylation is 3. The van der Waals surface area contributed by atoms with Gasteiger partial charge in [0.1, 0.15) is 0 Å². The SMILES string of the molecule is [C-]#[N+]c1cccc(C(F)(F)F)c1-c1ccc(-n2c3cc(C)ccc3c3ccc(C(F)(F)F)cc32)c([N+]#[C-])c1-n1c2cc(C)ccc2c2ccc(C)cc21. The summed E-state index contributed by atoms with van der Waals surface area (Å²) >= 11 is 0. The van der Waals surface area contributed by atoms with Crippen LogP contribution in [0.4, 0.5) is 37.7 Å². The summed E-state index contributed by atoms with van der Waals surface area (Å²) < 4.78 is 90.6. The number of aromatic nitrogens is 2. The Kier molecular flexibility index (Phi) is 7.46. The largest absolute Gasteiger partial charge is 0.416 e. The Morgan fingerprint density at radius 1 is 0.528 bits per heavy atom. The van der Waals surface area contributed by atoms with Gasteiger partial charge in [0.15, 0.2) is 5.69 Å². The highest BCUT2D eigenvalue weighted by atomic mass is 19.4. The zero-order valence-electron chi connectivity index (χ0n) is 28.4. The van der Waals surface area contributed by atoms with Crippen molar-refractivity contribution in [3.8, 4) is 22.5 Å². The van der Waals surface area contributed by atoms with E-state index in [0.29, 0.717) is 27.3 Å². The molecule has 10 heteroatoms. The van der Waals surface area contributed by atoms with E-state index in [0.717, 1.165) is 45.7 Å². The van der Waals surface area contributed by atoms with Crippen molar-refractivity contribution in [1.82, 2.24) is 9.13 Å². The van der Waals surface area contributed by atoms with E-state index in [4.69, 9.17) is 13.1 Å². The molecule has 0 saturated heterocycles. The minimum absolute atomic E-state index is 0.0200. The van der Waals surface area contributed by atoms with Crippen molar-refractivity contribution in [3.05, 3.63) is 154 Å². The number of hydrogen-bond donors (Lipinski definition) is 0. The lowest BCUT2D eigenvalue weighted by molar-refractivity contribution is -0.138. The predicted octanol–water partition coefficient (Wildman–Crippen LogP) is 13.6. The van der Waals surface area contributed by atoms with E-state index in [2.05, 4.69) is 9.69 Å². The van der Waals surface area contributed by atoms with E-state index in [9.17, 15) is 26.3 Å². The minimum Gasteiger partial charge on any atom is -0.319 e. The van der Waals surface area contributed by atoms with E-state index < -0.39 is 29.0 Å². The minimum atomic E-state index is -4.86. The first-order valence-corrected chi connectivity index (χ1v) is 16.5. The van der Waals surface area contributed by atoms with Crippen molar-refractivity contribution in [1.29, 1.82) is 0 Å². The molecule has 0 aliphatic carbocycles. The lowest BCUT2D eigenvalue weighted by Crippen LogP contribution is -2.09. The first kappa shape index (κ1) is 33.6. The van der Waals surface area contributed by atoms with Crippen LogP contribution in [-0.4, -0.2) is 9.13 Å². The highest BCUT2D eigenvalue weighted by molar-refractivity contribution is 6.13. The molecule has 6 aromatic carbocycles. The summed E-state index contributed by atoms with van der Waals surface area (Å²) in [4.78, 5) is 7.51. The molecule has 0 atom stereocenters. The normalized spacial score (nSPS) is 12.2. The topological polar surface area (TPSA) is 18.6 Å². The zero-order valence-corrected chi connectivity index (χ0v) is 28.4. The fraction of sp³-hybridized carbons (Fsp3) is 0.116. The van der Waals surface area contributed by atoms with Crippen LogP contribution in [0, 0.1) is 33.9 Å². The number of hydrogen-bond acceptors (Lipinski definition) is 0. The second-order valence-electron chi connectivity index (χ2n) is 13.2. The summed E-state index contributed by atoms with van der Waals surface area (Å²) in [5.41, 5.74) is 1.98. The van der Waals surface area contributed by atoms with Crippen LogP contribution in [0.5, 0.6) is 0 Å². The quantitative estimate of drug-likeness (QED) is 0.128. The van der Waals surface area contributed by atoms with Crippen LogP contribution >= 0.6 is 0 Å². The molecule has 8 rings (SSSR count). The molecule has 0 spiro atoms. The van der Waals surface area contributed by atoms with Crippen molar-refractivity contribution in [2.45, 2.75) is 33.1 Å². The first-order valence-electron chi connectivity index (χ1n) is 16.5. The Hall–Kier alpha value is -6.52. The molecular weight excluding hydrogens is 686 g/mol. The molecule has 0 unspecified atom stereocenters. The Morgan fingerprint density at radius 3 is 1.53 bits per heavy atom. The van der Waals surface area contributed by atoms with Crippen LogP contribution in [0.2, 0.25) is 0 Å². The van der Waals surface area contributed by atoms with Gasteiger partial charge in [-0.3, -0.25) is 0 Å². The molecule has 8 aromatic rings. The average molecular weight is 713 g/mol. The number of rotatable bonds is 3. The van der Waals surface area contributed by atoms with Gasteiger partial charge in [0.25, 0.3) is 0 Å². The van der Waals surface area contributed by atoms with Crippen molar-refractivity contribution in [2.75, 3.05) is 0 Å². The molecule has 0 N–H and O–H groups in total. The van der Waals surface area contributed by atoms with E-state index in [1.165, 1.54) is 30.3 Å². The van der Waals surface area contributed by atoms with Crippen molar-refractivity contribution in [2.24, 2.45) is 0 Å². The first-order chi connectivity index (χ1) is 25.2. The Labute approximate surface area is 299 Å². The molecule has 0 bridgehead atoms. The van der Waals surface area contributed by atoms with Gasteiger partial charge in [-0.1, -0.05) is 66.7 Å². The molecule has 2 heterocycles. The molecule has 53 heavy (non-hydrogen) atoms. The van der Waals surface area contributed by atoms with Gasteiger partial charge in [-0.05, 0) is 79.4 Å². The second kappa shape index (κ2) is 11.8. The summed E-state index contributed by atoms with van der Waals surface area (Å²) in [7, 11) is 0. The number of nitrogens with zero attached hydrogens (tertiary/aromatic N) is 4. The van der Waals surface area contributed by atoms with E-state index in [1.54, 1.807) is 9.13 Å². The molecule has 2 aromatic heterocycles. The third-order valence-electron chi connectivity index (χ3n) is 9.77. The molecular formula is C43H26F6N4. The highest BCUT2D eigenvalue weighted by Gasteiger charge is 2.37. The standard InChI is InChI=1S/C43H26F6N4/c1-23-9-13-27-30-16-12-26(42(44,45)46)22-38(30)52(35(27)19-23)34-18-17-31(39-32(43(47,48)49)7-6-8-33(39)50-4)41(40(34)51-5)53-36-20-24(2)10-14-28(36)29-15-11-25(3)21-37(29)53/h6-22H,1-3H3. The lowest BCUT2D eigenvalue weighted by atomic mass is 9.94. The molecule has 0 amide bonds. The van der Waals surface area contributed by atoms with Gasteiger partial charge in [0, 0.05) is 27.1 Å². The third-order valence-corrected chi connectivity index (χ3v) is 9.77. The maximum Gasteiger partial charge on any atom is 0.416 e. The van der Waals surface area contributed by atoms with Crippen LogP contribution in [0.15, 0.2) is 103 Å². The van der Waals surface area contributed by atoms with Gasteiger partial charge in [-0.2, -0.15) is 26.3 Å². The summed E-state index contributed by atoms with van der Waals surface area (Å²) in [5, 5.41) is 2.72. The predicted molar refractivity (Wildman–Crippen MR) is 197 cm³/mol. The summed E-state index contributed by atoms with van der Waals surface area (Å²) in [6, 6.07) is 26.7. The van der Waals surface area contributed by atoms with Crippen LogP contribution in [0.25, 0.3) is 75.8 Å². The monoisotopic (exact) mass is 712 g/mol. The third kappa shape index (κ3) is 5.21. The van der Waals surface area contributed by atoms with Crippen LogP contribution in [0.1, 0.15) is 27.8 Å². The fourth-order valence-corrected chi connectivity index (χ4v) is 7.48. The molecule has 260 valence electrons. The number of fused-ring (bicyclic) bond motifs is 6. The highest BCUT2D eigenvalue weighted by Crippen LogP contribution is 2.50. The van der Waals surface area contributed by atoms with E-state index in [1.807, 2.05) is 75.4 Å². The van der Waals surface area contributed by atoms with Crippen molar-refractivity contribution in [3.63, 3.8) is 0 Å². The number of alkyl halides is 6. The van der Waals surface area contributed by atoms with Crippen LogP contribution in [0.3, 0.4) is 0 Å². The smallest absolute Gasteiger partial charge is 0.319 e. The Bertz CT molecular complexity index is 2870. The van der Waals surface area contributed by atoms with Gasteiger partial charge in [0.2, 0.25) is 5.69 Å². The van der Waals surface area contributed by atoms with Gasteiger partial charge in [-0.15, -0.1) is 0 Å². The molecule has 0 aliphatic heterocycles. The molecule has 0 radical (unpaired) electrons. The average Bonchev–Trinajstić information content (AvgIpc) is 3.60. The zero-order chi connectivity index (χ0) is 37.6. The number of benzene rings is 6. The van der Waals surface area contributed by atoms with Gasteiger partial charge in [0.05, 0.1) is 57.7 Å². The van der Waals surface area contributed by atoms with Gasteiger partial charge < -0.3 is 9.13 Å². The summed E-state index contributed by atoms with van der Waals surface area (Å²) in [6.45, 7) is 22.2. The Balaban J connectivity index is 1.63. The van der Waals surface area contributed by atoms with Gasteiger partial charge in [-0.25, -0.2) is 9.69 Å². The molecule has 0 fully saturated rings. The Morgan fingerprint density at radius 2 is 1.04 bits per heavy atom. The van der Waals surface area contributed by atoms with Crippen molar-refractivity contribution >= 4 is 55.0 Å². The molecule has 0 saturated carbocycles. The van der Waals surface area contributed by atoms with Crippen LogP contribution in [-0.2, 0) is 12.4 Å². The molecule has 4 nitrogen and oxygen atoms in total. The van der Waals surface area contributed by atoms with E-state index in [-0.39, 0.29) is 33.8 Å². The summed E-state index contributed by atoms with van der Waals surface area (Å²) in [6.07, 6.45) is -9.53. The maximum atomic E-state index is 14.9. The summed E-state index contributed by atoms with van der Waals surface area (Å²) in [5.74, 6) is 0. The van der Waals surface area contributed by atoms with Crippen molar-refractivity contribution < 1.29 is 26.3 Å². The van der Waals surface area contributed by atoms with Gasteiger partial charge >= 0.3 is 12.4 Å². The fourth-order valence-electron chi connectivity index (χ4n) is 7.48. The second-order valence-corrected chi connectivity index (χ2v) is 13.2. The van der Waals surface area contributed by atoms with E-state index >= 15 is 0 Å². The van der Waals surface area contributed by atoms with Crippen LogP contribution < -0.4 is 0 Å². The molecule has 0 aliphatic rings. The number of halogens is 6. The lowest BCUT2D eigenvalue weighted by Gasteiger charge is -2.23. The maximum absolute atomic E-state index is 14.9.